The molecule has 4 heteroatoms. The van der Waals surface area contributed by atoms with Crippen LogP contribution in [0.2, 0.25) is 0 Å². The fourth-order valence-corrected chi connectivity index (χ4v) is 2.76. The molecule has 0 bridgehead atoms. The molecular formula is C17H25NO3. The average Bonchev–Trinajstić information content (AvgIpc) is 2.51. The van der Waals surface area contributed by atoms with Crippen molar-refractivity contribution in [2.24, 2.45) is 5.92 Å². The zero-order valence-corrected chi connectivity index (χ0v) is 12.8. The highest BCUT2D eigenvalue weighted by molar-refractivity contribution is 5.81. The lowest BCUT2D eigenvalue weighted by atomic mass is 9.77. The Morgan fingerprint density at radius 1 is 1.38 bits per heavy atom. The molecule has 0 aromatic heterocycles. The van der Waals surface area contributed by atoms with Crippen molar-refractivity contribution in [3.05, 3.63) is 30.3 Å². The number of hydrogen-bond acceptors (Lipinski definition) is 3. The van der Waals surface area contributed by atoms with Crippen molar-refractivity contribution in [3.8, 4) is 5.75 Å². The Labute approximate surface area is 126 Å². The highest BCUT2D eigenvalue weighted by Gasteiger charge is 2.36. The van der Waals surface area contributed by atoms with E-state index in [0.29, 0.717) is 11.7 Å². The van der Waals surface area contributed by atoms with Crippen molar-refractivity contribution in [2.45, 2.75) is 51.2 Å². The molecule has 1 aromatic carbocycles. The summed E-state index contributed by atoms with van der Waals surface area (Å²) in [6.45, 7) is 3.94. The molecule has 0 aliphatic heterocycles. The van der Waals surface area contributed by atoms with Gasteiger partial charge in [-0.25, -0.2) is 0 Å². The molecule has 0 spiro atoms. The molecule has 1 amide bonds. The van der Waals surface area contributed by atoms with Crippen molar-refractivity contribution in [1.82, 2.24) is 5.32 Å². The van der Waals surface area contributed by atoms with Crippen LogP contribution in [0.3, 0.4) is 0 Å². The first-order valence-corrected chi connectivity index (χ1v) is 7.69. The second-order valence-electron chi connectivity index (χ2n) is 6.18. The van der Waals surface area contributed by atoms with E-state index in [1.807, 2.05) is 30.3 Å². The number of nitrogens with one attached hydrogen (secondary N) is 1. The summed E-state index contributed by atoms with van der Waals surface area (Å²) in [4.78, 5) is 12.3. The lowest BCUT2D eigenvalue weighted by molar-refractivity contribution is -0.130. The van der Waals surface area contributed by atoms with Crippen LogP contribution in [0.5, 0.6) is 5.75 Å². The van der Waals surface area contributed by atoms with Gasteiger partial charge >= 0.3 is 0 Å². The highest BCUT2D eigenvalue weighted by atomic mass is 16.5. The van der Waals surface area contributed by atoms with E-state index >= 15 is 0 Å². The summed E-state index contributed by atoms with van der Waals surface area (Å²) in [5.74, 6) is 1.18. The van der Waals surface area contributed by atoms with E-state index in [4.69, 9.17) is 4.74 Å². The van der Waals surface area contributed by atoms with Crippen molar-refractivity contribution in [2.75, 3.05) is 6.61 Å². The van der Waals surface area contributed by atoms with Gasteiger partial charge in [0.1, 0.15) is 5.75 Å². The van der Waals surface area contributed by atoms with E-state index < -0.39 is 11.6 Å². The fourth-order valence-electron chi connectivity index (χ4n) is 2.76. The maximum Gasteiger partial charge on any atom is 0.261 e. The van der Waals surface area contributed by atoms with Crippen molar-refractivity contribution < 1.29 is 14.6 Å². The number of ether oxygens (including phenoxy) is 1. The van der Waals surface area contributed by atoms with Gasteiger partial charge in [0.15, 0.2) is 6.10 Å². The third kappa shape index (κ3) is 4.21. The largest absolute Gasteiger partial charge is 0.481 e. The number of rotatable bonds is 5. The molecule has 0 radical (unpaired) electrons. The fraction of sp³-hybridized carbons (Fsp3) is 0.588. The molecule has 1 atom stereocenters. The number of hydrogen-bond donors (Lipinski definition) is 2. The van der Waals surface area contributed by atoms with Gasteiger partial charge in [-0.2, -0.15) is 0 Å². The van der Waals surface area contributed by atoms with Crippen LogP contribution >= 0.6 is 0 Å². The Morgan fingerprint density at radius 3 is 2.57 bits per heavy atom. The predicted molar refractivity (Wildman–Crippen MR) is 82.1 cm³/mol. The zero-order chi connectivity index (χ0) is 15.3. The summed E-state index contributed by atoms with van der Waals surface area (Å²) in [6.07, 6.45) is 3.15. The summed E-state index contributed by atoms with van der Waals surface area (Å²) in [7, 11) is 0. The smallest absolute Gasteiger partial charge is 0.261 e. The lowest BCUT2D eigenvalue weighted by Crippen LogP contribution is -2.56. The van der Waals surface area contributed by atoms with Crippen LogP contribution in [0.1, 0.15) is 39.5 Å². The molecule has 2 N–H and O–H groups in total. The average molecular weight is 291 g/mol. The Bertz CT molecular complexity index is 452. The molecule has 1 aliphatic carbocycles. The first-order valence-electron chi connectivity index (χ1n) is 7.69. The number of aliphatic hydroxyl groups excluding tert-OH is 1. The Kier molecular flexibility index (Phi) is 5.23. The lowest BCUT2D eigenvalue weighted by Gasteiger charge is -2.39. The van der Waals surface area contributed by atoms with Gasteiger partial charge in [-0.15, -0.1) is 0 Å². The molecule has 1 aliphatic rings. The van der Waals surface area contributed by atoms with Crippen LogP contribution in [-0.4, -0.2) is 29.3 Å². The topological polar surface area (TPSA) is 58.6 Å². The van der Waals surface area contributed by atoms with E-state index in [9.17, 15) is 9.90 Å². The van der Waals surface area contributed by atoms with Crippen LogP contribution in [-0.2, 0) is 4.79 Å². The number of amides is 1. The van der Waals surface area contributed by atoms with Gasteiger partial charge in [0, 0.05) is 0 Å². The first-order chi connectivity index (χ1) is 10.0. The number of carbonyl (C=O) groups excluding carboxylic acids is 1. The van der Waals surface area contributed by atoms with Crippen molar-refractivity contribution in [1.29, 1.82) is 0 Å². The van der Waals surface area contributed by atoms with Crippen LogP contribution in [0.4, 0.5) is 0 Å². The maximum atomic E-state index is 12.3. The minimum absolute atomic E-state index is 0.0104. The van der Waals surface area contributed by atoms with Gasteiger partial charge < -0.3 is 15.2 Å². The summed E-state index contributed by atoms with van der Waals surface area (Å²) in [5.41, 5.74) is -0.474. The molecule has 1 saturated carbocycles. The highest BCUT2D eigenvalue weighted by Crippen LogP contribution is 2.31. The molecule has 2 rings (SSSR count). The third-order valence-corrected chi connectivity index (χ3v) is 4.35. The summed E-state index contributed by atoms with van der Waals surface area (Å²) >= 11 is 0. The van der Waals surface area contributed by atoms with Gasteiger partial charge in [0.2, 0.25) is 0 Å². The van der Waals surface area contributed by atoms with Crippen molar-refractivity contribution in [3.63, 3.8) is 0 Å². The number of aliphatic hydroxyl groups is 1. The van der Waals surface area contributed by atoms with E-state index in [1.165, 1.54) is 0 Å². The van der Waals surface area contributed by atoms with E-state index in [-0.39, 0.29) is 12.5 Å². The molecule has 1 aromatic rings. The van der Waals surface area contributed by atoms with Crippen LogP contribution in [0.15, 0.2) is 30.3 Å². The monoisotopic (exact) mass is 291 g/mol. The minimum Gasteiger partial charge on any atom is -0.481 e. The molecule has 1 fully saturated rings. The van der Waals surface area contributed by atoms with Gasteiger partial charge in [-0.3, -0.25) is 4.79 Å². The third-order valence-electron chi connectivity index (χ3n) is 4.35. The second kappa shape index (κ2) is 6.94. The number of carbonyl (C=O) groups is 1. The molecule has 0 saturated heterocycles. The van der Waals surface area contributed by atoms with Crippen LogP contribution in [0, 0.1) is 5.92 Å². The van der Waals surface area contributed by atoms with Crippen LogP contribution < -0.4 is 10.1 Å². The summed E-state index contributed by atoms with van der Waals surface area (Å²) in [5, 5.41) is 12.7. The SMILES string of the molecule is CC1CCC(CO)(NC(=O)C(C)Oc2ccccc2)CC1. The first kappa shape index (κ1) is 15.8. The molecular weight excluding hydrogens is 266 g/mol. The Morgan fingerprint density at radius 2 is 2.00 bits per heavy atom. The van der Waals surface area contributed by atoms with E-state index in [2.05, 4.69) is 12.2 Å². The molecule has 4 nitrogen and oxygen atoms in total. The van der Waals surface area contributed by atoms with Crippen molar-refractivity contribution >= 4 is 5.91 Å². The van der Waals surface area contributed by atoms with Crippen LogP contribution in [0.25, 0.3) is 0 Å². The van der Waals surface area contributed by atoms with Gasteiger partial charge in [0.25, 0.3) is 5.91 Å². The summed E-state index contributed by atoms with van der Waals surface area (Å²) in [6, 6.07) is 9.30. The molecule has 21 heavy (non-hydrogen) atoms. The molecule has 0 heterocycles. The van der Waals surface area contributed by atoms with Gasteiger partial charge in [-0.1, -0.05) is 25.1 Å². The quantitative estimate of drug-likeness (QED) is 0.876. The predicted octanol–water partition coefficient (Wildman–Crippen LogP) is 2.51. The summed E-state index contributed by atoms with van der Waals surface area (Å²) < 4.78 is 5.63. The Hall–Kier alpha value is -1.55. The van der Waals surface area contributed by atoms with E-state index in [1.54, 1.807) is 6.92 Å². The van der Waals surface area contributed by atoms with E-state index in [0.717, 1.165) is 25.7 Å². The molecule has 116 valence electrons. The Balaban J connectivity index is 1.93. The normalized spacial score (nSPS) is 26.9. The standard InChI is InChI=1S/C17H25NO3/c1-13-8-10-17(12-19,11-9-13)18-16(20)14(2)21-15-6-4-3-5-7-15/h3-7,13-14,19H,8-12H2,1-2H3,(H,18,20). The number of para-hydroxylation sites is 1. The van der Waals surface area contributed by atoms with Gasteiger partial charge in [-0.05, 0) is 50.7 Å². The number of benzene rings is 1. The zero-order valence-electron chi connectivity index (χ0n) is 12.8. The van der Waals surface area contributed by atoms with Gasteiger partial charge in [0.05, 0.1) is 12.1 Å². The maximum absolute atomic E-state index is 12.3. The second-order valence-corrected chi connectivity index (χ2v) is 6.18. The molecule has 1 unspecified atom stereocenters. The minimum atomic E-state index is -0.574.